The van der Waals surface area contributed by atoms with Gasteiger partial charge in [0.05, 0.1) is 5.02 Å². The summed E-state index contributed by atoms with van der Waals surface area (Å²) in [5, 5.41) is -3.06. The van der Waals surface area contributed by atoms with E-state index in [4.69, 9.17) is 35.1 Å². The van der Waals surface area contributed by atoms with Gasteiger partial charge in [-0.15, -0.1) is 0 Å². The van der Waals surface area contributed by atoms with Gasteiger partial charge in [-0.2, -0.15) is 0 Å². The highest BCUT2D eigenvalue weighted by molar-refractivity contribution is 6.37. The lowest BCUT2D eigenvalue weighted by atomic mass is 10.2. The number of carbonyl (C=O) groups excluding carboxylic acids is 1. The van der Waals surface area contributed by atoms with Crippen molar-refractivity contribution in [2.24, 2.45) is 0 Å². The Morgan fingerprint density at radius 2 is 2.29 bits per heavy atom. The van der Waals surface area contributed by atoms with Crippen LogP contribution in [-0.4, -0.2) is 11.0 Å². The molecule has 0 fully saturated rings. The first-order chi connectivity index (χ1) is 6.50. The third-order valence-corrected chi connectivity index (χ3v) is 2.16. The molecule has 1 heterocycles. The monoisotopic (exact) mass is 257 g/mol. The van der Waals surface area contributed by atoms with Crippen molar-refractivity contribution < 1.29 is 13.5 Å². The van der Waals surface area contributed by atoms with E-state index in [-0.39, 0.29) is 5.02 Å². The first kappa shape index (κ1) is 11.5. The van der Waals surface area contributed by atoms with Crippen LogP contribution in [0.1, 0.15) is 5.69 Å². The number of halogens is 4. The summed E-state index contributed by atoms with van der Waals surface area (Å²) in [6, 6.07) is 2.80. The summed E-state index contributed by atoms with van der Waals surface area (Å²) in [6.07, 6.45) is 1.24. The lowest BCUT2D eigenvalue weighted by molar-refractivity contribution is -0.142. The summed E-state index contributed by atoms with van der Waals surface area (Å²) in [5.41, 5.74) is -0.450. The van der Waals surface area contributed by atoms with E-state index in [1.54, 1.807) is 0 Å². The van der Waals surface area contributed by atoms with Gasteiger partial charge in [0.15, 0.2) is 0 Å². The zero-order chi connectivity index (χ0) is 10.8. The predicted octanol–water partition coefficient (Wildman–Crippen LogP) is 2.79. The molecule has 0 saturated carbocycles. The van der Waals surface area contributed by atoms with Gasteiger partial charge in [-0.1, -0.05) is 23.2 Å². The van der Waals surface area contributed by atoms with E-state index in [1.807, 2.05) is 0 Å². The number of alkyl halides is 2. The molecule has 1 aromatic rings. The Bertz CT molecular complexity index is 359. The van der Waals surface area contributed by atoms with Gasteiger partial charge in [0.25, 0.3) is 0 Å². The maximum absolute atomic E-state index is 13.5. The summed E-state index contributed by atoms with van der Waals surface area (Å²) in [4.78, 5) is 14.3. The maximum Gasteiger partial charge on any atom is 0.384 e. The van der Waals surface area contributed by atoms with Gasteiger partial charge in [-0.05, 0) is 12.1 Å². The zero-order valence-corrected chi connectivity index (χ0v) is 8.78. The minimum Gasteiger partial charge on any atom is -0.343 e. The molecule has 1 aromatic heterocycles. The van der Waals surface area contributed by atoms with E-state index in [9.17, 15) is 9.18 Å². The van der Waals surface area contributed by atoms with Gasteiger partial charge in [0, 0.05) is 6.20 Å². The van der Waals surface area contributed by atoms with Crippen LogP contribution >= 0.6 is 35.1 Å². The fourth-order valence-electron chi connectivity index (χ4n) is 0.762. The summed E-state index contributed by atoms with van der Waals surface area (Å²) in [6.45, 7) is 0. The molecule has 0 radical (unpaired) electrons. The number of pyridine rings is 1. The molecule has 0 aliphatic rings. The average molecular weight is 258 g/mol. The van der Waals surface area contributed by atoms with Crippen LogP contribution in [0, 0.1) is 0 Å². The normalized spacial score (nSPS) is 14.6. The van der Waals surface area contributed by atoms with E-state index >= 15 is 0 Å². The van der Waals surface area contributed by atoms with Gasteiger partial charge < -0.3 is 4.29 Å². The van der Waals surface area contributed by atoms with Crippen molar-refractivity contribution >= 4 is 41.0 Å². The van der Waals surface area contributed by atoms with Crippen molar-refractivity contribution in [1.82, 2.24) is 4.98 Å². The largest absolute Gasteiger partial charge is 0.384 e. The predicted molar refractivity (Wildman–Crippen MR) is 49.8 cm³/mol. The summed E-state index contributed by atoms with van der Waals surface area (Å²) < 4.78 is 17.2. The Kier molecular flexibility index (Phi) is 3.53. The van der Waals surface area contributed by atoms with Crippen molar-refractivity contribution in [3.8, 4) is 0 Å². The molecule has 14 heavy (non-hydrogen) atoms. The molecule has 0 aromatic carbocycles. The van der Waals surface area contributed by atoms with Crippen molar-refractivity contribution in [2.75, 3.05) is 0 Å². The van der Waals surface area contributed by atoms with Gasteiger partial charge >= 0.3 is 11.1 Å². The van der Waals surface area contributed by atoms with Crippen molar-refractivity contribution in [1.29, 1.82) is 0 Å². The highest BCUT2D eigenvalue weighted by atomic mass is 35.5. The van der Waals surface area contributed by atoms with Gasteiger partial charge in [0.2, 0.25) is 0 Å². The highest BCUT2D eigenvalue weighted by Gasteiger charge is 2.43. The lowest BCUT2D eigenvalue weighted by Gasteiger charge is -2.13. The highest BCUT2D eigenvalue weighted by Crippen LogP contribution is 2.35. The zero-order valence-electron chi connectivity index (χ0n) is 6.51. The van der Waals surface area contributed by atoms with E-state index in [0.717, 1.165) is 0 Å². The van der Waals surface area contributed by atoms with Crippen molar-refractivity contribution in [3.05, 3.63) is 29.0 Å². The van der Waals surface area contributed by atoms with Crippen LogP contribution in [-0.2, 0) is 14.2 Å². The van der Waals surface area contributed by atoms with E-state index in [2.05, 4.69) is 9.27 Å². The Morgan fingerprint density at radius 3 is 2.79 bits per heavy atom. The van der Waals surface area contributed by atoms with Crippen LogP contribution in [0.4, 0.5) is 4.39 Å². The topological polar surface area (TPSA) is 39.2 Å². The number of aromatic nitrogens is 1. The molecule has 7 heteroatoms. The summed E-state index contributed by atoms with van der Waals surface area (Å²) >= 11 is 15.5. The third kappa shape index (κ3) is 2.08. The Labute approximate surface area is 93.9 Å². The molecule has 0 bridgehead atoms. The van der Waals surface area contributed by atoms with Crippen LogP contribution in [0.15, 0.2) is 18.3 Å². The minimum absolute atomic E-state index is 0.0907. The quantitative estimate of drug-likeness (QED) is 0.766. The summed E-state index contributed by atoms with van der Waals surface area (Å²) in [7, 11) is 0. The second-order valence-corrected chi connectivity index (χ2v) is 3.36. The first-order valence-electron chi connectivity index (χ1n) is 3.32. The lowest BCUT2D eigenvalue weighted by Crippen LogP contribution is -2.26. The molecule has 1 unspecified atom stereocenters. The van der Waals surface area contributed by atoms with Crippen molar-refractivity contribution in [3.63, 3.8) is 0 Å². The second kappa shape index (κ2) is 4.29. The molecule has 0 spiro atoms. The fraction of sp³-hybridized carbons (Fsp3) is 0.143. The SMILES string of the molecule is O=C(OCl)C(F)(Cl)c1ncccc1Cl. The van der Waals surface area contributed by atoms with Gasteiger partial charge in [-0.25, -0.2) is 9.18 Å². The van der Waals surface area contributed by atoms with E-state index in [1.165, 1.54) is 18.3 Å². The van der Waals surface area contributed by atoms with E-state index < -0.39 is 16.8 Å². The Balaban J connectivity index is 3.16. The van der Waals surface area contributed by atoms with Crippen LogP contribution < -0.4 is 0 Å². The molecule has 3 nitrogen and oxygen atoms in total. The minimum atomic E-state index is -2.97. The number of nitrogens with zero attached hydrogens (tertiary/aromatic N) is 1. The molecule has 76 valence electrons. The molecule has 0 saturated heterocycles. The van der Waals surface area contributed by atoms with Crippen molar-refractivity contribution in [2.45, 2.75) is 5.13 Å². The number of carbonyl (C=O) groups is 1. The first-order valence-corrected chi connectivity index (χ1v) is 4.38. The van der Waals surface area contributed by atoms with Gasteiger partial charge in [0.1, 0.15) is 17.6 Å². The number of hydrogen-bond donors (Lipinski definition) is 0. The standard InChI is InChI=1S/C7H3Cl3FNO2/c8-4-2-1-3-12-5(4)7(9,11)6(13)14-10/h1-3H. The molecule has 0 aliphatic heterocycles. The fourth-order valence-corrected chi connectivity index (χ4v) is 1.40. The summed E-state index contributed by atoms with van der Waals surface area (Å²) in [5.74, 6) is -1.48. The maximum atomic E-state index is 13.5. The van der Waals surface area contributed by atoms with Crippen LogP contribution in [0.5, 0.6) is 0 Å². The van der Waals surface area contributed by atoms with Crippen LogP contribution in [0.2, 0.25) is 5.02 Å². The molecular weight excluding hydrogens is 255 g/mol. The molecule has 0 amide bonds. The Morgan fingerprint density at radius 1 is 1.64 bits per heavy atom. The molecule has 0 N–H and O–H groups in total. The molecular formula is C7H3Cl3FNO2. The van der Waals surface area contributed by atoms with Crippen LogP contribution in [0.25, 0.3) is 0 Å². The molecule has 0 aliphatic carbocycles. The van der Waals surface area contributed by atoms with Gasteiger partial charge in [-0.3, -0.25) is 4.98 Å². The smallest absolute Gasteiger partial charge is 0.343 e. The van der Waals surface area contributed by atoms with Crippen LogP contribution in [0.3, 0.4) is 0 Å². The second-order valence-electron chi connectivity index (χ2n) is 2.27. The third-order valence-electron chi connectivity index (χ3n) is 1.38. The number of hydrogen-bond acceptors (Lipinski definition) is 3. The average Bonchev–Trinajstić information content (AvgIpc) is 2.17. The van der Waals surface area contributed by atoms with E-state index in [0.29, 0.717) is 0 Å². The molecule has 1 rings (SSSR count). The molecule has 1 atom stereocenters. The Hall–Kier alpha value is -0.580. The number of rotatable bonds is 2.